The molecule has 0 atom stereocenters. The SMILES string of the molecule is CC(C)(C)OC(=O)Nc1c(Br)ncc2ccccc12. The first-order valence-electron chi connectivity index (χ1n) is 5.90. The fourth-order valence-corrected chi connectivity index (χ4v) is 2.08. The molecule has 100 valence electrons. The number of nitrogens with zero attached hydrogens (tertiary/aromatic N) is 1. The van der Waals surface area contributed by atoms with Crippen molar-refractivity contribution in [3.63, 3.8) is 0 Å². The van der Waals surface area contributed by atoms with Crippen molar-refractivity contribution < 1.29 is 9.53 Å². The predicted octanol–water partition coefficient (Wildman–Crippen LogP) is 4.34. The molecule has 19 heavy (non-hydrogen) atoms. The van der Waals surface area contributed by atoms with Gasteiger partial charge in [-0.3, -0.25) is 5.32 Å². The van der Waals surface area contributed by atoms with E-state index in [0.717, 1.165) is 10.8 Å². The number of aromatic nitrogens is 1. The van der Waals surface area contributed by atoms with Crippen LogP contribution in [0.1, 0.15) is 20.8 Å². The molecule has 1 heterocycles. The lowest BCUT2D eigenvalue weighted by atomic mass is 10.1. The first kappa shape index (κ1) is 13.8. The minimum atomic E-state index is -0.533. The third kappa shape index (κ3) is 3.44. The van der Waals surface area contributed by atoms with E-state index in [4.69, 9.17) is 4.74 Å². The van der Waals surface area contributed by atoms with Gasteiger partial charge < -0.3 is 4.74 Å². The average molecular weight is 323 g/mol. The minimum Gasteiger partial charge on any atom is -0.444 e. The summed E-state index contributed by atoms with van der Waals surface area (Å²) in [6.45, 7) is 5.47. The highest BCUT2D eigenvalue weighted by Gasteiger charge is 2.18. The number of hydrogen-bond acceptors (Lipinski definition) is 3. The second kappa shape index (κ2) is 5.17. The number of carbonyl (C=O) groups excluding carboxylic acids is 1. The molecule has 0 saturated heterocycles. The smallest absolute Gasteiger partial charge is 0.412 e. The third-order valence-electron chi connectivity index (χ3n) is 2.38. The molecule has 0 aliphatic heterocycles. The van der Waals surface area contributed by atoms with E-state index < -0.39 is 11.7 Å². The molecule has 0 bridgehead atoms. The van der Waals surface area contributed by atoms with Crippen molar-refractivity contribution in [2.24, 2.45) is 0 Å². The van der Waals surface area contributed by atoms with Crippen molar-refractivity contribution in [3.05, 3.63) is 35.1 Å². The Kier molecular flexibility index (Phi) is 3.75. The number of anilines is 1. The molecule has 1 amide bonds. The number of carbonyl (C=O) groups is 1. The fourth-order valence-electron chi connectivity index (χ4n) is 1.66. The van der Waals surface area contributed by atoms with E-state index in [2.05, 4.69) is 26.2 Å². The van der Waals surface area contributed by atoms with Crippen molar-refractivity contribution in [3.8, 4) is 0 Å². The van der Waals surface area contributed by atoms with E-state index in [9.17, 15) is 4.79 Å². The summed E-state index contributed by atoms with van der Waals surface area (Å²) >= 11 is 3.34. The highest BCUT2D eigenvalue weighted by Crippen LogP contribution is 2.29. The summed E-state index contributed by atoms with van der Waals surface area (Å²) in [7, 11) is 0. The molecule has 4 nitrogen and oxygen atoms in total. The molecule has 0 aliphatic carbocycles. The van der Waals surface area contributed by atoms with Crippen molar-refractivity contribution in [1.29, 1.82) is 0 Å². The lowest BCUT2D eigenvalue weighted by Crippen LogP contribution is -2.27. The van der Waals surface area contributed by atoms with E-state index in [-0.39, 0.29) is 0 Å². The molecule has 0 saturated carbocycles. The number of ether oxygens (including phenoxy) is 1. The molecule has 1 aromatic heterocycles. The van der Waals surface area contributed by atoms with Crippen LogP contribution in [0.3, 0.4) is 0 Å². The average Bonchev–Trinajstić information content (AvgIpc) is 2.31. The molecule has 0 unspecified atom stereocenters. The van der Waals surface area contributed by atoms with Crippen LogP contribution in [-0.2, 0) is 4.74 Å². The summed E-state index contributed by atoms with van der Waals surface area (Å²) in [6, 6.07) is 7.70. The van der Waals surface area contributed by atoms with Gasteiger partial charge in [-0.2, -0.15) is 0 Å². The molecule has 0 fully saturated rings. The van der Waals surface area contributed by atoms with Crippen molar-refractivity contribution >= 4 is 38.5 Å². The van der Waals surface area contributed by atoms with Crippen LogP contribution in [0, 0.1) is 0 Å². The Morgan fingerprint density at radius 2 is 2.00 bits per heavy atom. The molecule has 0 spiro atoms. The zero-order valence-electron chi connectivity index (χ0n) is 11.0. The van der Waals surface area contributed by atoms with E-state index in [1.54, 1.807) is 6.20 Å². The Bertz CT molecular complexity index is 620. The van der Waals surface area contributed by atoms with E-state index in [1.165, 1.54) is 0 Å². The number of nitrogens with one attached hydrogen (secondary N) is 1. The summed E-state index contributed by atoms with van der Waals surface area (Å²) in [4.78, 5) is 16.0. The van der Waals surface area contributed by atoms with Gasteiger partial charge in [-0.25, -0.2) is 9.78 Å². The lowest BCUT2D eigenvalue weighted by Gasteiger charge is -2.20. The van der Waals surface area contributed by atoms with Crippen molar-refractivity contribution in [1.82, 2.24) is 4.98 Å². The van der Waals surface area contributed by atoms with Gasteiger partial charge in [0.15, 0.2) is 0 Å². The first-order chi connectivity index (χ1) is 8.87. The van der Waals surface area contributed by atoms with Gasteiger partial charge in [0.05, 0.1) is 5.69 Å². The molecule has 0 radical (unpaired) electrons. The van der Waals surface area contributed by atoms with Gasteiger partial charge >= 0.3 is 6.09 Å². The number of hydrogen-bond donors (Lipinski definition) is 1. The van der Waals surface area contributed by atoms with Gasteiger partial charge in [-0.05, 0) is 36.7 Å². The van der Waals surface area contributed by atoms with Crippen molar-refractivity contribution in [2.45, 2.75) is 26.4 Å². The topological polar surface area (TPSA) is 51.2 Å². The van der Waals surface area contributed by atoms with E-state index in [0.29, 0.717) is 10.3 Å². The van der Waals surface area contributed by atoms with Crippen LogP contribution < -0.4 is 5.32 Å². The van der Waals surface area contributed by atoms with Crippen LogP contribution >= 0.6 is 15.9 Å². The summed E-state index contributed by atoms with van der Waals surface area (Å²) in [6.07, 6.45) is 1.26. The molecule has 0 aliphatic rings. The molecule has 1 N–H and O–H groups in total. The molecule has 5 heteroatoms. The van der Waals surface area contributed by atoms with Crippen LogP contribution in [-0.4, -0.2) is 16.7 Å². The van der Waals surface area contributed by atoms with Gasteiger partial charge in [0.2, 0.25) is 0 Å². The highest BCUT2D eigenvalue weighted by atomic mass is 79.9. The maximum atomic E-state index is 11.8. The number of pyridine rings is 1. The van der Waals surface area contributed by atoms with Crippen LogP contribution in [0.4, 0.5) is 10.5 Å². The number of fused-ring (bicyclic) bond motifs is 1. The van der Waals surface area contributed by atoms with Gasteiger partial charge in [0.1, 0.15) is 10.2 Å². The largest absolute Gasteiger partial charge is 0.444 e. The maximum absolute atomic E-state index is 11.8. The zero-order chi connectivity index (χ0) is 14.0. The first-order valence-corrected chi connectivity index (χ1v) is 6.69. The Labute approximate surface area is 120 Å². The quantitative estimate of drug-likeness (QED) is 0.794. The molecule has 2 rings (SSSR count). The molecule has 2 aromatic rings. The zero-order valence-corrected chi connectivity index (χ0v) is 12.6. The number of halogens is 1. The Hall–Kier alpha value is -1.62. The second-order valence-electron chi connectivity index (χ2n) is 5.14. The van der Waals surface area contributed by atoms with Crippen LogP contribution in [0.25, 0.3) is 10.8 Å². The fraction of sp³-hybridized carbons (Fsp3) is 0.286. The van der Waals surface area contributed by atoms with Crippen LogP contribution in [0.2, 0.25) is 0 Å². The normalized spacial score (nSPS) is 11.4. The molecule has 1 aromatic carbocycles. The summed E-state index contributed by atoms with van der Waals surface area (Å²) in [5, 5.41) is 4.61. The van der Waals surface area contributed by atoms with Crippen molar-refractivity contribution in [2.75, 3.05) is 5.32 Å². The lowest BCUT2D eigenvalue weighted by molar-refractivity contribution is 0.0636. The monoisotopic (exact) mass is 322 g/mol. The van der Waals surface area contributed by atoms with Crippen LogP contribution in [0.15, 0.2) is 35.1 Å². The maximum Gasteiger partial charge on any atom is 0.412 e. The Balaban J connectivity index is 2.34. The summed E-state index contributed by atoms with van der Waals surface area (Å²) in [5.41, 5.74) is 0.0848. The predicted molar refractivity (Wildman–Crippen MR) is 79.3 cm³/mol. The van der Waals surface area contributed by atoms with E-state index >= 15 is 0 Å². The standard InChI is InChI=1S/C14H15BrN2O2/c1-14(2,3)19-13(18)17-11-10-7-5-4-6-9(10)8-16-12(11)15/h4-8H,1-3H3,(H,17,18). The van der Waals surface area contributed by atoms with E-state index in [1.807, 2.05) is 45.0 Å². The van der Waals surface area contributed by atoms with Gasteiger partial charge in [0.25, 0.3) is 0 Å². The van der Waals surface area contributed by atoms with Gasteiger partial charge in [-0.1, -0.05) is 24.3 Å². The highest BCUT2D eigenvalue weighted by molar-refractivity contribution is 9.10. The van der Waals surface area contributed by atoms with Gasteiger partial charge in [0, 0.05) is 17.0 Å². The summed E-state index contributed by atoms with van der Waals surface area (Å²) in [5.74, 6) is 0. The summed E-state index contributed by atoms with van der Waals surface area (Å²) < 4.78 is 5.83. The Morgan fingerprint density at radius 1 is 1.32 bits per heavy atom. The van der Waals surface area contributed by atoms with Gasteiger partial charge in [-0.15, -0.1) is 0 Å². The van der Waals surface area contributed by atoms with Crippen LogP contribution in [0.5, 0.6) is 0 Å². The minimum absolute atomic E-state index is 0.494. The number of amides is 1. The Morgan fingerprint density at radius 3 is 2.68 bits per heavy atom. The third-order valence-corrected chi connectivity index (χ3v) is 2.98. The number of rotatable bonds is 1. The molecular formula is C14H15BrN2O2. The number of benzene rings is 1. The second-order valence-corrected chi connectivity index (χ2v) is 5.89. The molecular weight excluding hydrogens is 308 g/mol.